The van der Waals surface area contributed by atoms with Crippen LogP contribution in [0.15, 0.2) is 78.9 Å². The van der Waals surface area contributed by atoms with E-state index in [-0.39, 0.29) is 17.9 Å². The number of amides is 2. The lowest BCUT2D eigenvalue weighted by Crippen LogP contribution is -2.41. The predicted octanol–water partition coefficient (Wildman–Crippen LogP) is 5.61. The normalized spacial score (nSPS) is 11.1. The number of carbonyl (C=O) groups is 2. The second kappa shape index (κ2) is 10.00. The summed E-state index contributed by atoms with van der Waals surface area (Å²) in [6, 6.07) is 23.9. The van der Waals surface area contributed by atoms with E-state index in [0.717, 1.165) is 44.3 Å². The van der Waals surface area contributed by atoms with E-state index in [0.29, 0.717) is 12.8 Å². The van der Waals surface area contributed by atoms with Crippen molar-refractivity contribution in [2.45, 2.75) is 26.2 Å². The molecule has 0 aliphatic carbocycles. The van der Waals surface area contributed by atoms with Gasteiger partial charge in [-0.1, -0.05) is 48.0 Å². The maximum atomic E-state index is 13.8. The third-order valence-electron chi connectivity index (χ3n) is 6.18. The fourth-order valence-electron chi connectivity index (χ4n) is 4.37. The lowest BCUT2D eigenvalue weighted by molar-refractivity contribution is -0.121. The molecule has 5 aromatic rings. The Hall–Kier alpha value is -4.52. The number of benzene rings is 3. The van der Waals surface area contributed by atoms with Gasteiger partial charge in [-0.25, -0.2) is 9.37 Å². The van der Waals surface area contributed by atoms with Crippen molar-refractivity contribution in [1.82, 2.24) is 20.8 Å². The number of aromatic amines is 1. The van der Waals surface area contributed by atoms with Gasteiger partial charge in [-0.2, -0.15) is 0 Å². The van der Waals surface area contributed by atoms with Gasteiger partial charge in [0.2, 0.25) is 5.91 Å². The molecule has 0 atom stereocenters. The molecule has 0 bridgehead atoms. The fourth-order valence-corrected chi connectivity index (χ4v) is 4.37. The smallest absolute Gasteiger partial charge is 0.272 e. The number of fused-ring (bicyclic) bond motifs is 2. The second-order valence-electron chi connectivity index (χ2n) is 8.75. The Morgan fingerprint density at radius 1 is 0.944 bits per heavy atom. The van der Waals surface area contributed by atoms with Gasteiger partial charge in [0.05, 0.1) is 22.5 Å². The number of aryl methyl sites for hydroxylation is 2. The number of hydrazine groups is 1. The molecule has 6 nitrogen and oxygen atoms in total. The van der Waals surface area contributed by atoms with Crippen molar-refractivity contribution < 1.29 is 14.0 Å². The summed E-state index contributed by atoms with van der Waals surface area (Å²) in [6.45, 7) is 2.05. The van der Waals surface area contributed by atoms with Crippen molar-refractivity contribution in [3.63, 3.8) is 0 Å². The molecule has 0 radical (unpaired) electrons. The topological polar surface area (TPSA) is 86.9 Å². The van der Waals surface area contributed by atoms with Gasteiger partial charge in [0.15, 0.2) is 0 Å². The highest BCUT2D eigenvalue weighted by Crippen LogP contribution is 2.32. The van der Waals surface area contributed by atoms with Crippen LogP contribution in [-0.4, -0.2) is 21.8 Å². The summed E-state index contributed by atoms with van der Waals surface area (Å²) < 4.78 is 13.8. The molecule has 7 heteroatoms. The zero-order valence-electron chi connectivity index (χ0n) is 19.8. The van der Waals surface area contributed by atoms with E-state index < -0.39 is 11.7 Å². The molecule has 0 spiro atoms. The molecule has 2 heterocycles. The molecule has 0 aliphatic heterocycles. The van der Waals surface area contributed by atoms with Gasteiger partial charge in [-0.3, -0.25) is 20.4 Å². The van der Waals surface area contributed by atoms with Gasteiger partial charge < -0.3 is 4.98 Å². The molecule has 3 N–H and O–H groups in total. The average Bonchev–Trinajstić information content (AvgIpc) is 3.25. The van der Waals surface area contributed by atoms with E-state index in [4.69, 9.17) is 4.98 Å². The van der Waals surface area contributed by atoms with E-state index >= 15 is 0 Å². The van der Waals surface area contributed by atoms with Gasteiger partial charge in [0.1, 0.15) is 5.82 Å². The van der Waals surface area contributed by atoms with Gasteiger partial charge >= 0.3 is 0 Å². The molecule has 0 unspecified atom stereocenters. The van der Waals surface area contributed by atoms with Crippen LogP contribution < -0.4 is 10.9 Å². The standard InChI is InChI=1S/C29H25FN4O2/c1-18-13-15-25-22(17-18)20(28(32-25)26-16-14-19-7-2-5-11-24(19)31-26)9-6-12-27(35)33-34-29(36)21-8-3-4-10-23(21)30/h2-5,7-8,10-11,13-17,32H,6,9,12H2,1H3,(H,33,35)(H,34,36). The van der Waals surface area contributed by atoms with Crippen molar-refractivity contribution in [2.24, 2.45) is 0 Å². The molecule has 0 aliphatic rings. The Labute approximate surface area is 207 Å². The van der Waals surface area contributed by atoms with Crippen LogP contribution in [0.25, 0.3) is 33.2 Å². The number of nitrogens with one attached hydrogen (secondary N) is 3. The number of carbonyl (C=O) groups excluding carboxylic acids is 2. The highest BCUT2D eigenvalue weighted by atomic mass is 19.1. The van der Waals surface area contributed by atoms with E-state index in [1.807, 2.05) is 30.3 Å². The third-order valence-corrected chi connectivity index (χ3v) is 6.18. The molecule has 5 rings (SSSR count). The Bertz CT molecular complexity index is 1590. The summed E-state index contributed by atoms with van der Waals surface area (Å²) in [5.74, 6) is -1.69. The second-order valence-corrected chi connectivity index (χ2v) is 8.75. The maximum absolute atomic E-state index is 13.8. The molecular formula is C29H25FN4O2. The van der Waals surface area contributed by atoms with Crippen molar-refractivity contribution >= 4 is 33.6 Å². The minimum Gasteiger partial charge on any atom is -0.353 e. The zero-order chi connectivity index (χ0) is 25.1. The Morgan fingerprint density at radius 3 is 2.61 bits per heavy atom. The van der Waals surface area contributed by atoms with Gasteiger partial charge in [-0.05, 0) is 61.7 Å². The van der Waals surface area contributed by atoms with Crippen LogP contribution in [0.5, 0.6) is 0 Å². The first-order valence-corrected chi connectivity index (χ1v) is 11.8. The molecule has 2 amide bonds. The number of para-hydroxylation sites is 1. The van der Waals surface area contributed by atoms with Crippen LogP contribution in [-0.2, 0) is 11.2 Å². The Balaban J connectivity index is 1.31. The molecule has 0 saturated heterocycles. The minimum atomic E-state index is -0.696. The van der Waals surface area contributed by atoms with Crippen molar-refractivity contribution in [1.29, 1.82) is 0 Å². The van der Waals surface area contributed by atoms with Crippen LogP contribution in [0.2, 0.25) is 0 Å². The van der Waals surface area contributed by atoms with Crippen LogP contribution in [0.4, 0.5) is 4.39 Å². The summed E-state index contributed by atoms with van der Waals surface area (Å²) in [4.78, 5) is 32.9. The summed E-state index contributed by atoms with van der Waals surface area (Å²) in [7, 11) is 0. The largest absolute Gasteiger partial charge is 0.353 e. The number of rotatable bonds is 6. The number of hydrogen-bond donors (Lipinski definition) is 3. The van der Waals surface area contributed by atoms with E-state index in [9.17, 15) is 14.0 Å². The summed E-state index contributed by atoms with van der Waals surface area (Å²) in [5, 5.41) is 2.18. The van der Waals surface area contributed by atoms with Gasteiger partial charge in [0.25, 0.3) is 5.91 Å². The number of pyridine rings is 1. The third kappa shape index (κ3) is 4.81. The van der Waals surface area contributed by atoms with Crippen molar-refractivity contribution in [3.05, 3.63) is 101 Å². The Kier molecular flexibility index (Phi) is 6.45. The number of hydrogen-bond acceptors (Lipinski definition) is 3. The van der Waals surface area contributed by atoms with E-state index in [1.54, 1.807) is 6.07 Å². The average molecular weight is 481 g/mol. The number of nitrogens with zero attached hydrogens (tertiary/aromatic N) is 1. The monoisotopic (exact) mass is 480 g/mol. The highest BCUT2D eigenvalue weighted by Gasteiger charge is 2.16. The lowest BCUT2D eigenvalue weighted by atomic mass is 10.0. The van der Waals surface area contributed by atoms with E-state index in [1.165, 1.54) is 18.2 Å². The molecule has 3 aromatic carbocycles. The van der Waals surface area contributed by atoms with Gasteiger partial charge in [0, 0.05) is 22.7 Å². The van der Waals surface area contributed by atoms with E-state index in [2.05, 4.69) is 47.0 Å². The number of H-pyrrole nitrogens is 1. The zero-order valence-corrected chi connectivity index (χ0v) is 19.8. The molecule has 180 valence electrons. The predicted molar refractivity (Wildman–Crippen MR) is 139 cm³/mol. The maximum Gasteiger partial charge on any atom is 0.272 e. The lowest BCUT2D eigenvalue weighted by Gasteiger charge is -2.09. The van der Waals surface area contributed by atoms with Crippen molar-refractivity contribution in [2.75, 3.05) is 0 Å². The summed E-state index contributed by atoms with van der Waals surface area (Å²) in [6.07, 6.45) is 1.39. The summed E-state index contributed by atoms with van der Waals surface area (Å²) >= 11 is 0. The first-order valence-electron chi connectivity index (χ1n) is 11.8. The van der Waals surface area contributed by atoms with Gasteiger partial charge in [-0.15, -0.1) is 0 Å². The van der Waals surface area contributed by atoms with Crippen LogP contribution in [0.3, 0.4) is 0 Å². The van der Waals surface area contributed by atoms with Crippen molar-refractivity contribution in [3.8, 4) is 11.4 Å². The molecular weight excluding hydrogens is 455 g/mol. The number of aromatic nitrogens is 2. The molecule has 36 heavy (non-hydrogen) atoms. The fraction of sp³-hybridized carbons (Fsp3) is 0.138. The molecule has 0 saturated carbocycles. The first kappa shape index (κ1) is 23.2. The first-order chi connectivity index (χ1) is 17.5. The molecule has 0 fully saturated rings. The quantitative estimate of drug-likeness (QED) is 0.276. The van der Waals surface area contributed by atoms with Crippen LogP contribution in [0, 0.1) is 12.7 Å². The minimum absolute atomic E-state index is 0.125. The molecule has 2 aromatic heterocycles. The highest BCUT2D eigenvalue weighted by molar-refractivity contribution is 5.95. The number of halogens is 1. The summed E-state index contributed by atoms with van der Waals surface area (Å²) in [5.41, 5.74) is 10.5. The van der Waals surface area contributed by atoms with Crippen LogP contribution >= 0.6 is 0 Å². The SMILES string of the molecule is Cc1ccc2[nH]c(-c3ccc4ccccc4n3)c(CCCC(=O)NNC(=O)c3ccccc3F)c2c1. The Morgan fingerprint density at radius 2 is 1.75 bits per heavy atom. The van der Waals surface area contributed by atoms with Crippen LogP contribution in [0.1, 0.15) is 34.3 Å².